The standard InChI is InChI=1S/C36H31BrN2/c37-30-18-22-34(23-19-30)39(33-20-16-29(17-21-33)28-10-4-1-5-11-28)36-26-24-35(25-27-36)38(31-12-6-2-7-13-31)32-14-8-3-9-15-32/h1-8,10-14,16-24,26-27,35H,9,15,25H2. The molecule has 6 rings (SSSR count). The summed E-state index contributed by atoms with van der Waals surface area (Å²) in [6.45, 7) is 0. The van der Waals surface area contributed by atoms with Crippen molar-refractivity contribution in [3.8, 4) is 11.1 Å². The molecule has 0 fully saturated rings. The molecule has 0 bridgehead atoms. The van der Waals surface area contributed by atoms with E-state index < -0.39 is 0 Å². The van der Waals surface area contributed by atoms with Gasteiger partial charge >= 0.3 is 0 Å². The third kappa shape index (κ3) is 5.69. The number of anilines is 3. The lowest BCUT2D eigenvalue weighted by Crippen LogP contribution is -2.35. The molecule has 2 aliphatic carbocycles. The largest absolute Gasteiger partial charge is 0.338 e. The summed E-state index contributed by atoms with van der Waals surface area (Å²) in [6, 6.07) is 39.0. The fourth-order valence-electron chi connectivity index (χ4n) is 5.38. The van der Waals surface area contributed by atoms with E-state index in [1.165, 1.54) is 28.2 Å². The first-order chi connectivity index (χ1) is 19.3. The highest BCUT2D eigenvalue weighted by Crippen LogP contribution is 2.36. The Balaban J connectivity index is 1.32. The van der Waals surface area contributed by atoms with E-state index in [0.29, 0.717) is 0 Å². The molecular weight excluding hydrogens is 540 g/mol. The van der Waals surface area contributed by atoms with Crippen LogP contribution in [0.3, 0.4) is 0 Å². The molecule has 39 heavy (non-hydrogen) atoms. The minimum Gasteiger partial charge on any atom is -0.338 e. The van der Waals surface area contributed by atoms with Crippen molar-refractivity contribution in [2.45, 2.75) is 25.3 Å². The number of hydrogen-bond donors (Lipinski definition) is 0. The predicted octanol–water partition coefficient (Wildman–Crippen LogP) is 10.2. The predicted molar refractivity (Wildman–Crippen MR) is 169 cm³/mol. The fraction of sp³-hybridized carbons (Fsp3) is 0.111. The van der Waals surface area contributed by atoms with Crippen molar-refractivity contribution in [3.63, 3.8) is 0 Å². The molecule has 2 nitrogen and oxygen atoms in total. The Bertz CT molecular complexity index is 1520. The summed E-state index contributed by atoms with van der Waals surface area (Å²) >= 11 is 3.60. The maximum absolute atomic E-state index is 3.60. The zero-order valence-electron chi connectivity index (χ0n) is 21.8. The number of hydrogen-bond acceptors (Lipinski definition) is 2. The van der Waals surface area contributed by atoms with Crippen LogP contribution >= 0.6 is 15.9 Å². The lowest BCUT2D eigenvalue weighted by Gasteiger charge is -2.37. The van der Waals surface area contributed by atoms with Gasteiger partial charge in [0.1, 0.15) is 0 Å². The molecule has 0 spiro atoms. The summed E-state index contributed by atoms with van der Waals surface area (Å²) in [5, 5.41) is 0. The van der Waals surface area contributed by atoms with Crippen molar-refractivity contribution in [1.29, 1.82) is 0 Å². The van der Waals surface area contributed by atoms with Gasteiger partial charge in [-0.25, -0.2) is 0 Å². The molecule has 0 radical (unpaired) electrons. The highest BCUT2D eigenvalue weighted by Gasteiger charge is 2.24. The smallest absolute Gasteiger partial charge is 0.0558 e. The summed E-state index contributed by atoms with van der Waals surface area (Å²) in [5.74, 6) is 0. The molecule has 4 aromatic rings. The molecule has 0 aliphatic heterocycles. The van der Waals surface area contributed by atoms with Crippen LogP contribution in [0, 0.1) is 0 Å². The van der Waals surface area contributed by atoms with E-state index in [0.717, 1.165) is 35.1 Å². The van der Waals surface area contributed by atoms with E-state index in [1.807, 2.05) is 0 Å². The van der Waals surface area contributed by atoms with Crippen LogP contribution in [0.1, 0.15) is 19.3 Å². The van der Waals surface area contributed by atoms with Gasteiger partial charge in [0, 0.05) is 32.9 Å². The van der Waals surface area contributed by atoms with Crippen LogP contribution in [0.5, 0.6) is 0 Å². The van der Waals surface area contributed by atoms with E-state index >= 15 is 0 Å². The van der Waals surface area contributed by atoms with Gasteiger partial charge in [-0.2, -0.15) is 0 Å². The Kier molecular flexibility index (Phi) is 7.60. The highest BCUT2D eigenvalue weighted by molar-refractivity contribution is 9.10. The molecule has 0 saturated heterocycles. The average molecular weight is 572 g/mol. The lowest BCUT2D eigenvalue weighted by atomic mass is 9.99. The molecule has 0 heterocycles. The normalized spacial score (nSPS) is 16.4. The first-order valence-electron chi connectivity index (χ1n) is 13.6. The van der Waals surface area contributed by atoms with Gasteiger partial charge in [-0.15, -0.1) is 0 Å². The monoisotopic (exact) mass is 570 g/mol. The fourth-order valence-corrected chi connectivity index (χ4v) is 5.64. The number of allylic oxidation sites excluding steroid dienone is 5. The van der Waals surface area contributed by atoms with Crippen LogP contribution in [0.4, 0.5) is 17.1 Å². The Morgan fingerprint density at radius 3 is 1.92 bits per heavy atom. The average Bonchev–Trinajstić information content (AvgIpc) is 3.01. The first-order valence-corrected chi connectivity index (χ1v) is 14.3. The molecule has 1 unspecified atom stereocenters. The molecule has 0 aromatic heterocycles. The summed E-state index contributed by atoms with van der Waals surface area (Å²) in [5.41, 5.74) is 8.53. The van der Waals surface area contributed by atoms with Crippen molar-refractivity contribution in [2.24, 2.45) is 0 Å². The zero-order valence-corrected chi connectivity index (χ0v) is 23.4. The second-order valence-corrected chi connectivity index (χ2v) is 10.8. The van der Waals surface area contributed by atoms with Crippen molar-refractivity contribution in [3.05, 3.63) is 162 Å². The van der Waals surface area contributed by atoms with Crippen LogP contribution in [0.2, 0.25) is 0 Å². The van der Waals surface area contributed by atoms with E-state index in [9.17, 15) is 0 Å². The molecule has 2 aliphatic rings. The molecule has 1 atom stereocenters. The Morgan fingerprint density at radius 2 is 1.31 bits per heavy atom. The third-order valence-electron chi connectivity index (χ3n) is 7.30. The van der Waals surface area contributed by atoms with E-state index in [-0.39, 0.29) is 6.04 Å². The quantitative estimate of drug-likeness (QED) is 0.218. The van der Waals surface area contributed by atoms with Gasteiger partial charge in [-0.3, -0.25) is 0 Å². The molecule has 0 saturated carbocycles. The van der Waals surface area contributed by atoms with Gasteiger partial charge < -0.3 is 9.80 Å². The van der Waals surface area contributed by atoms with E-state index in [2.05, 4.69) is 171 Å². The topological polar surface area (TPSA) is 6.48 Å². The Hall–Kier alpha value is -4.08. The van der Waals surface area contributed by atoms with Gasteiger partial charge in [0.2, 0.25) is 0 Å². The van der Waals surface area contributed by atoms with Gasteiger partial charge in [0.25, 0.3) is 0 Å². The Morgan fingerprint density at radius 1 is 0.667 bits per heavy atom. The number of benzene rings is 4. The maximum Gasteiger partial charge on any atom is 0.0558 e. The number of nitrogens with zero attached hydrogens (tertiary/aromatic N) is 2. The van der Waals surface area contributed by atoms with Crippen molar-refractivity contribution in [2.75, 3.05) is 9.80 Å². The lowest BCUT2D eigenvalue weighted by molar-refractivity contribution is 0.716. The maximum atomic E-state index is 3.60. The summed E-state index contributed by atoms with van der Waals surface area (Å²) in [6.07, 6.45) is 16.8. The van der Waals surface area contributed by atoms with Gasteiger partial charge in [-0.05, 0) is 91.1 Å². The number of rotatable bonds is 7. The second kappa shape index (κ2) is 11.8. The van der Waals surface area contributed by atoms with Gasteiger partial charge in [-0.1, -0.05) is 101 Å². The van der Waals surface area contributed by atoms with Crippen LogP contribution in [-0.4, -0.2) is 6.04 Å². The second-order valence-electron chi connectivity index (χ2n) is 9.85. The van der Waals surface area contributed by atoms with Crippen LogP contribution in [0.15, 0.2) is 162 Å². The van der Waals surface area contributed by atoms with Crippen molar-refractivity contribution >= 4 is 33.0 Å². The highest BCUT2D eigenvalue weighted by atomic mass is 79.9. The number of halogens is 1. The van der Waals surface area contributed by atoms with Crippen molar-refractivity contribution < 1.29 is 0 Å². The minimum absolute atomic E-state index is 0.265. The zero-order chi connectivity index (χ0) is 26.4. The summed E-state index contributed by atoms with van der Waals surface area (Å²) < 4.78 is 1.08. The van der Waals surface area contributed by atoms with E-state index in [1.54, 1.807) is 0 Å². The molecule has 192 valence electrons. The van der Waals surface area contributed by atoms with Gasteiger partial charge in [0.05, 0.1) is 6.04 Å². The van der Waals surface area contributed by atoms with Crippen LogP contribution in [0.25, 0.3) is 11.1 Å². The van der Waals surface area contributed by atoms with Gasteiger partial charge in [0.15, 0.2) is 0 Å². The minimum atomic E-state index is 0.265. The summed E-state index contributed by atoms with van der Waals surface area (Å²) in [4.78, 5) is 4.86. The third-order valence-corrected chi connectivity index (χ3v) is 7.83. The molecule has 4 aromatic carbocycles. The molecular formula is C36H31BrN2. The Labute approximate surface area is 240 Å². The van der Waals surface area contributed by atoms with Crippen LogP contribution < -0.4 is 9.80 Å². The molecule has 3 heteroatoms. The van der Waals surface area contributed by atoms with Crippen LogP contribution in [-0.2, 0) is 0 Å². The SMILES string of the molecule is Brc1ccc(N(C2=CCC(N(C3=CC=CCC3)c3ccccc3)C=C2)c2ccc(-c3ccccc3)cc2)cc1. The first kappa shape index (κ1) is 25.2. The molecule has 0 amide bonds. The van der Waals surface area contributed by atoms with E-state index in [4.69, 9.17) is 0 Å². The number of para-hydroxylation sites is 1. The molecule has 0 N–H and O–H groups in total. The van der Waals surface area contributed by atoms with Crippen molar-refractivity contribution in [1.82, 2.24) is 0 Å². The summed E-state index contributed by atoms with van der Waals surface area (Å²) in [7, 11) is 0.